The van der Waals surface area contributed by atoms with Crippen LogP contribution in [0.25, 0.3) is 0 Å². The van der Waals surface area contributed by atoms with Crippen LogP contribution < -0.4 is 5.73 Å². The summed E-state index contributed by atoms with van der Waals surface area (Å²) >= 11 is 6.31. The summed E-state index contributed by atoms with van der Waals surface area (Å²) in [6.07, 6.45) is 0.215. The predicted molar refractivity (Wildman–Crippen MR) is 66.4 cm³/mol. The quantitative estimate of drug-likeness (QED) is 0.750. The molecule has 0 aromatic heterocycles. The Morgan fingerprint density at radius 2 is 1.81 bits per heavy atom. The largest absolute Gasteiger partial charge is 0.506 e. The van der Waals surface area contributed by atoms with E-state index in [-0.39, 0.29) is 17.6 Å². The fourth-order valence-electron chi connectivity index (χ4n) is 1.08. The molecule has 1 rings (SSSR count). The van der Waals surface area contributed by atoms with Crippen molar-refractivity contribution in [2.45, 2.75) is 12.5 Å². The Labute approximate surface area is 109 Å². The van der Waals surface area contributed by atoms with Gasteiger partial charge in [-0.15, -0.1) is 0 Å². The molecule has 1 atom stereocenters. The van der Waals surface area contributed by atoms with Gasteiger partial charge in [-0.2, -0.15) is 0 Å². The molecule has 0 amide bonds. The van der Waals surface area contributed by atoms with Crippen molar-refractivity contribution in [2.24, 2.45) is 5.73 Å². The first-order valence-electron chi connectivity index (χ1n) is 4.07. The van der Waals surface area contributed by atoms with Gasteiger partial charge in [-0.3, -0.25) is 4.79 Å². The highest BCUT2D eigenvalue weighted by Crippen LogP contribution is 2.33. The Morgan fingerprint density at radius 1 is 1.38 bits per heavy atom. The normalized spacial score (nSPS) is 11.7. The average molecular weight is 357 g/mol. The van der Waals surface area contributed by atoms with E-state index in [2.05, 4.69) is 31.9 Å². The van der Waals surface area contributed by atoms with Gasteiger partial charge in [0.05, 0.1) is 8.95 Å². The maximum atomic E-state index is 10.5. The third-order valence-corrected chi connectivity index (χ3v) is 3.06. The molecule has 6 N–H and O–H groups in total. The third-order valence-electron chi connectivity index (χ3n) is 1.85. The Bertz CT molecular complexity index is 374. The zero-order valence-corrected chi connectivity index (χ0v) is 11.2. The van der Waals surface area contributed by atoms with Gasteiger partial charge >= 0.3 is 5.97 Å². The van der Waals surface area contributed by atoms with Gasteiger partial charge in [-0.25, -0.2) is 0 Å². The lowest BCUT2D eigenvalue weighted by Gasteiger charge is -2.08. The van der Waals surface area contributed by atoms with Gasteiger partial charge in [0, 0.05) is 0 Å². The van der Waals surface area contributed by atoms with E-state index in [0.29, 0.717) is 8.95 Å². The molecule has 7 heteroatoms. The summed E-state index contributed by atoms with van der Waals surface area (Å²) in [4.78, 5) is 10.5. The van der Waals surface area contributed by atoms with Crippen LogP contribution in [0.4, 0.5) is 0 Å². The molecular weight excluding hydrogens is 346 g/mol. The topological polar surface area (TPSA) is 115 Å². The summed E-state index contributed by atoms with van der Waals surface area (Å²) < 4.78 is 1.01. The van der Waals surface area contributed by atoms with Crippen LogP contribution >= 0.6 is 31.9 Å². The van der Waals surface area contributed by atoms with Crippen molar-refractivity contribution < 1.29 is 20.5 Å². The van der Waals surface area contributed by atoms with Gasteiger partial charge in [-0.05, 0) is 56.0 Å². The molecular formula is C9H11Br2NO4. The third kappa shape index (κ3) is 3.75. The first-order chi connectivity index (χ1) is 6.91. The minimum absolute atomic E-state index is 0. The number of carbonyl (C=O) groups is 1. The predicted octanol–water partition coefficient (Wildman–Crippen LogP) is 1.05. The molecule has 1 aromatic carbocycles. The molecule has 0 bridgehead atoms. The van der Waals surface area contributed by atoms with E-state index < -0.39 is 12.0 Å². The van der Waals surface area contributed by atoms with Crippen molar-refractivity contribution in [2.75, 3.05) is 0 Å². The number of carboxylic acids is 1. The van der Waals surface area contributed by atoms with Crippen LogP contribution in [-0.2, 0) is 11.2 Å². The van der Waals surface area contributed by atoms with Crippen LogP contribution in [0, 0.1) is 0 Å². The second-order valence-corrected chi connectivity index (χ2v) is 4.77. The van der Waals surface area contributed by atoms with Crippen molar-refractivity contribution in [3.8, 4) is 5.75 Å². The number of phenolic OH excluding ortho intramolecular Hbond substituents is 1. The summed E-state index contributed by atoms with van der Waals surface area (Å²) in [6, 6.07) is 2.35. The van der Waals surface area contributed by atoms with Crippen LogP contribution in [0.1, 0.15) is 5.56 Å². The van der Waals surface area contributed by atoms with Crippen molar-refractivity contribution in [1.29, 1.82) is 0 Å². The van der Waals surface area contributed by atoms with Crippen LogP contribution in [0.5, 0.6) is 5.75 Å². The number of carboxylic acid groups (broad SMARTS) is 1. The maximum Gasteiger partial charge on any atom is 0.320 e. The number of halogens is 2. The Kier molecular flexibility index (Phi) is 5.95. The zero-order chi connectivity index (χ0) is 11.6. The summed E-state index contributed by atoms with van der Waals surface area (Å²) in [5.41, 5.74) is 6.13. The number of phenols is 1. The number of benzene rings is 1. The van der Waals surface area contributed by atoms with Crippen molar-refractivity contribution in [3.05, 3.63) is 26.6 Å². The lowest BCUT2D eigenvalue weighted by molar-refractivity contribution is -0.138. The molecule has 0 fully saturated rings. The SMILES string of the molecule is N[C@H](Cc1cc(Br)c(O)c(Br)c1)C(=O)O.O. The first kappa shape index (κ1) is 15.4. The highest BCUT2D eigenvalue weighted by molar-refractivity contribution is 9.11. The second-order valence-electron chi connectivity index (χ2n) is 3.06. The van der Waals surface area contributed by atoms with Crippen molar-refractivity contribution in [1.82, 2.24) is 0 Å². The molecule has 0 saturated carbocycles. The number of hydrogen-bond donors (Lipinski definition) is 3. The van der Waals surface area contributed by atoms with Gasteiger partial charge in [0.1, 0.15) is 11.8 Å². The van der Waals surface area contributed by atoms with Gasteiger partial charge in [-0.1, -0.05) is 0 Å². The average Bonchev–Trinajstić information content (AvgIpc) is 2.13. The molecule has 0 radical (unpaired) electrons. The molecule has 1 aromatic rings. The molecule has 0 unspecified atom stereocenters. The molecule has 0 aliphatic carbocycles. The Morgan fingerprint density at radius 3 is 2.19 bits per heavy atom. The Balaban J connectivity index is 0.00000225. The summed E-state index contributed by atoms with van der Waals surface area (Å²) in [5.74, 6) is -0.960. The van der Waals surface area contributed by atoms with E-state index in [1.165, 1.54) is 0 Å². The number of nitrogens with two attached hydrogens (primary N) is 1. The van der Waals surface area contributed by atoms with Crippen LogP contribution in [-0.4, -0.2) is 27.7 Å². The molecule has 0 saturated heterocycles. The van der Waals surface area contributed by atoms with Gasteiger partial charge in [0.2, 0.25) is 0 Å². The summed E-state index contributed by atoms with van der Waals surface area (Å²) in [7, 11) is 0. The van der Waals surface area contributed by atoms with E-state index in [1.807, 2.05) is 0 Å². The minimum Gasteiger partial charge on any atom is -0.506 e. The zero-order valence-electron chi connectivity index (χ0n) is 8.08. The smallest absolute Gasteiger partial charge is 0.320 e. The fraction of sp³-hybridized carbons (Fsp3) is 0.222. The van der Waals surface area contributed by atoms with E-state index >= 15 is 0 Å². The van der Waals surface area contributed by atoms with Gasteiger partial charge < -0.3 is 21.4 Å². The molecule has 90 valence electrons. The number of aromatic hydroxyl groups is 1. The van der Waals surface area contributed by atoms with E-state index in [9.17, 15) is 9.90 Å². The van der Waals surface area contributed by atoms with Crippen LogP contribution in [0.2, 0.25) is 0 Å². The summed E-state index contributed by atoms with van der Waals surface area (Å²) in [5, 5.41) is 18.1. The van der Waals surface area contributed by atoms with E-state index in [0.717, 1.165) is 5.56 Å². The molecule has 0 aliphatic rings. The molecule has 0 spiro atoms. The van der Waals surface area contributed by atoms with E-state index in [4.69, 9.17) is 10.8 Å². The second kappa shape index (κ2) is 6.19. The molecule has 5 nitrogen and oxygen atoms in total. The number of rotatable bonds is 3. The monoisotopic (exact) mass is 355 g/mol. The van der Waals surface area contributed by atoms with Crippen LogP contribution in [0.3, 0.4) is 0 Å². The van der Waals surface area contributed by atoms with E-state index in [1.54, 1.807) is 12.1 Å². The highest BCUT2D eigenvalue weighted by atomic mass is 79.9. The van der Waals surface area contributed by atoms with Gasteiger partial charge in [0.15, 0.2) is 0 Å². The standard InChI is InChI=1S/C9H9Br2NO3.H2O/c10-5-1-4(2-6(11)8(5)13)3-7(12)9(14)15;/h1-2,7,13H,3,12H2,(H,14,15);1H2/t7-;/m1./s1. The fourth-order valence-corrected chi connectivity index (χ4v) is 2.36. The van der Waals surface area contributed by atoms with Crippen LogP contribution in [0.15, 0.2) is 21.1 Å². The number of hydrogen-bond acceptors (Lipinski definition) is 3. The number of aliphatic carboxylic acids is 1. The first-order valence-corrected chi connectivity index (χ1v) is 5.65. The minimum atomic E-state index is -1.05. The summed E-state index contributed by atoms with van der Waals surface area (Å²) in [6.45, 7) is 0. The van der Waals surface area contributed by atoms with Gasteiger partial charge in [0.25, 0.3) is 0 Å². The van der Waals surface area contributed by atoms with Crippen molar-refractivity contribution in [3.63, 3.8) is 0 Å². The molecule has 0 aliphatic heterocycles. The maximum absolute atomic E-state index is 10.5. The highest BCUT2D eigenvalue weighted by Gasteiger charge is 2.14. The Hall–Kier alpha value is -0.630. The molecule has 16 heavy (non-hydrogen) atoms. The molecule has 0 heterocycles. The van der Waals surface area contributed by atoms with Crippen molar-refractivity contribution >= 4 is 37.8 Å². The lowest BCUT2D eigenvalue weighted by Crippen LogP contribution is -2.32. The lowest BCUT2D eigenvalue weighted by atomic mass is 10.1.